The quantitative estimate of drug-likeness (QED) is 0.410. The summed E-state index contributed by atoms with van der Waals surface area (Å²) >= 11 is 0. The Kier molecular flexibility index (Phi) is 2.95. The predicted octanol–water partition coefficient (Wildman–Crippen LogP) is 0.994. The van der Waals surface area contributed by atoms with Crippen molar-refractivity contribution in [2.45, 2.75) is 6.42 Å². The van der Waals surface area contributed by atoms with Crippen molar-refractivity contribution >= 4 is 11.7 Å². The van der Waals surface area contributed by atoms with Gasteiger partial charge in [0.25, 0.3) is 0 Å². The number of aliphatic carboxylic acids is 1. The Morgan fingerprint density at radius 1 is 1.38 bits per heavy atom. The first kappa shape index (κ1) is 9.16. The van der Waals surface area contributed by atoms with Gasteiger partial charge in [-0.15, -0.1) is 0 Å². The highest BCUT2D eigenvalue weighted by Crippen LogP contribution is 1.99. The standard InChI is InChI=1S/C9H8N2O2/c10-11-8(9(12)13)6-7-4-2-1-3-5-7/h1-5,10H,6H2/p+1. The van der Waals surface area contributed by atoms with E-state index in [4.69, 9.17) is 10.6 Å². The zero-order valence-electron chi connectivity index (χ0n) is 6.90. The number of benzene rings is 1. The van der Waals surface area contributed by atoms with Gasteiger partial charge in [0.05, 0.1) is 16.7 Å². The van der Waals surface area contributed by atoms with Gasteiger partial charge < -0.3 is 5.11 Å². The summed E-state index contributed by atoms with van der Waals surface area (Å²) in [5.74, 6) is -1.14. The molecule has 0 heterocycles. The SMILES string of the molecule is N=[N+]=C(Cc1ccccc1)C(=O)O. The molecule has 66 valence electrons. The van der Waals surface area contributed by atoms with Crippen molar-refractivity contribution in [3.8, 4) is 0 Å². The Balaban J connectivity index is 2.80. The fourth-order valence-electron chi connectivity index (χ4n) is 0.952. The van der Waals surface area contributed by atoms with Gasteiger partial charge in [-0.25, -0.2) is 4.79 Å². The van der Waals surface area contributed by atoms with E-state index in [1.165, 1.54) is 0 Å². The van der Waals surface area contributed by atoms with Crippen molar-refractivity contribution in [2.75, 3.05) is 0 Å². The molecule has 0 saturated heterocycles. The molecule has 2 N–H and O–H groups in total. The van der Waals surface area contributed by atoms with E-state index in [1.807, 2.05) is 18.2 Å². The van der Waals surface area contributed by atoms with Gasteiger partial charge in [0.15, 0.2) is 0 Å². The monoisotopic (exact) mass is 177 g/mol. The molecule has 0 aliphatic carbocycles. The van der Waals surface area contributed by atoms with Gasteiger partial charge in [0.1, 0.15) is 0 Å². The van der Waals surface area contributed by atoms with E-state index in [0.29, 0.717) is 0 Å². The first-order valence-corrected chi connectivity index (χ1v) is 3.74. The van der Waals surface area contributed by atoms with Gasteiger partial charge in [-0.3, -0.25) is 0 Å². The molecule has 0 spiro atoms. The Hall–Kier alpha value is -1.93. The first-order valence-electron chi connectivity index (χ1n) is 3.74. The summed E-state index contributed by atoms with van der Waals surface area (Å²) in [5, 5.41) is 8.58. The second kappa shape index (κ2) is 4.18. The number of hydrogen-bond acceptors (Lipinski definition) is 2. The number of rotatable bonds is 3. The van der Waals surface area contributed by atoms with Crippen LogP contribution < -0.4 is 0 Å². The number of nitrogens with one attached hydrogen (secondary N) is 1. The highest BCUT2D eigenvalue weighted by Gasteiger charge is 2.21. The van der Waals surface area contributed by atoms with Crippen molar-refractivity contribution in [3.05, 3.63) is 35.9 Å². The topological polar surface area (TPSA) is 75.2 Å². The van der Waals surface area contributed by atoms with Crippen LogP contribution in [0.2, 0.25) is 0 Å². The number of carbonyl (C=O) groups is 1. The van der Waals surface area contributed by atoms with Gasteiger partial charge in [-0.05, 0) is 5.56 Å². The molecule has 0 unspecified atom stereocenters. The van der Waals surface area contributed by atoms with Crippen LogP contribution in [0.5, 0.6) is 0 Å². The summed E-state index contributed by atoms with van der Waals surface area (Å²) in [6.07, 6.45) is 0.194. The van der Waals surface area contributed by atoms with Gasteiger partial charge in [-0.1, -0.05) is 30.3 Å². The Labute approximate surface area is 75.1 Å². The molecule has 0 aromatic heterocycles. The van der Waals surface area contributed by atoms with Crippen LogP contribution in [0.15, 0.2) is 30.3 Å². The van der Waals surface area contributed by atoms with Crippen molar-refractivity contribution in [1.29, 1.82) is 5.53 Å². The molecule has 0 atom stereocenters. The average molecular weight is 177 g/mol. The van der Waals surface area contributed by atoms with E-state index >= 15 is 0 Å². The lowest BCUT2D eigenvalue weighted by Crippen LogP contribution is -2.16. The summed E-state index contributed by atoms with van der Waals surface area (Å²) in [6, 6.07) is 9.08. The summed E-state index contributed by atoms with van der Waals surface area (Å²) in [5.41, 5.74) is 7.34. The van der Waals surface area contributed by atoms with Crippen LogP contribution in [0.3, 0.4) is 0 Å². The van der Waals surface area contributed by atoms with E-state index in [-0.39, 0.29) is 12.1 Å². The third kappa shape index (κ3) is 2.54. The van der Waals surface area contributed by atoms with Crippen molar-refractivity contribution in [2.24, 2.45) is 0 Å². The second-order valence-electron chi connectivity index (χ2n) is 2.53. The largest absolute Gasteiger partial charge is 0.473 e. The molecule has 0 saturated carbocycles. The van der Waals surface area contributed by atoms with E-state index in [2.05, 4.69) is 4.79 Å². The van der Waals surface area contributed by atoms with Crippen molar-refractivity contribution in [3.63, 3.8) is 0 Å². The van der Waals surface area contributed by atoms with Crippen LogP contribution in [0, 0.1) is 5.53 Å². The number of nitrogens with zero attached hydrogens (tertiary/aromatic N) is 1. The molecule has 1 aromatic carbocycles. The highest BCUT2D eigenvalue weighted by atomic mass is 16.4. The summed E-state index contributed by atoms with van der Waals surface area (Å²) in [6.45, 7) is 0. The highest BCUT2D eigenvalue weighted by molar-refractivity contribution is 6.33. The van der Waals surface area contributed by atoms with Gasteiger partial charge >= 0.3 is 11.7 Å². The van der Waals surface area contributed by atoms with Crippen molar-refractivity contribution in [1.82, 2.24) is 0 Å². The van der Waals surface area contributed by atoms with Crippen molar-refractivity contribution < 1.29 is 14.7 Å². The zero-order valence-corrected chi connectivity index (χ0v) is 6.90. The maximum Gasteiger partial charge on any atom is 0.429 e. The maximum atomic E-state index is 10.5. The van der Waals surface area contributed by atoms with E-state index in [9.17, 15) is 4.79 Å². The van der Waals surface area contributed by atoms with Crippen LogP contribution in [0.25, 0.3) is 0 Å². The van der Waals surface area contributed by atoms with Gasteiger partial charge in [-0.2, -0.15) is 0 Å². The molecule has 0 fully saturated rings. The summed E-state index contributed by atoms with van der Waals surface area (Å²) in [7, 11) is 0. The minimum atomic E-state index is -1.14. The molecule has 1 aromatic rings. The number of carboxylic acids is 1. The molecule has 0 aliphatic heterocycles. The van der Waals surface area contributed by atoms with Gasteiger partial charge in [0, 0.05) is 0 Å². The molecule has 4 nitrogen and oxygen atoms in total. The smallest absolute Gasteiger partial charge is 0.429 e. The summed E-state index contributed by atoms with van der Waals surface area (Å²) in [4.78, 5) is 13.4. The summed E-state index contributed by atoms with van der Waals surface area (Å²) < 4.78 is 0. The second-order valence-corrected chi connectivity index (χ2v) is 2.53. The van der Waals surface area contributed by atoms with Crippen LogP contribution in [-0.2, 0) is 11.2 Å². The van der Waals surface area contributed by atoms with E-state index in [1.54, 1.807) is 12.1 Å². The Bertz CT molecular complexity index is 353. The van der Waals surface area contributed by atoms with Crippen LogP contribution in [-0.4, -0.2) is 21.6 Å². The third-order valence-corrected chi connectivity index (χ3v) is 1.60. The average Bonchev–Trinajstić information content (AvgIpc) is 2.15. The molecule has 13 heavy (non-hydrogen) atoms. The van der Waals surface area contributed by atoms with Crippen LogP contribution in [0.4, 0.5) is 0 Å². The van der Waals surface area contributed by atoms with Crippen LogP contribution >= 0.6 is 0 Å². The molecule has 0 bridgehead atoms. The normalized spacial score (nSPS) is 8.92. The fourth-order valence-corrected chi connectivity index (χ4v) is 0.952. The Morgan fingerprint density at radius 3 is 2.46 bits per heavy atom. The fraction of sp³-hybridized carbons (Fsp3) is 0.111. The van der Waals surface area contributed by atoms with Gasteiger partial charge in [0.2, 0.25) is 0 Å². The minimum Gasteiger partial charge on any atom is -0.473 e. The molecule has 0 radical (unpaired) electrons. The predicted molar refractivity (Wildman–Crippen MR) is 45.8 cm³/mol. The minimum absolute atomic E-state index is 0.147. The lowest BCUT2D eigenvalue weighted by molar-refractivity contribution is -0.149. The molecule has 0 aliphatic rings. The molecule has 4 heteroatoms. The first-order chi connectivity index (χ1) is 6.24. The van der Waals surface area contributed by atoms with E-state index in [0.717, 1.165) is 5.56 Å². The Morgan fingerprint density at radius 2 is 2.00 bits per heavy atom. The molecular weight excluding hydrogens is 168 g/mol. The third-order valence-electron chi connectivity index (χ3n) is 1.60. The lowest BCUT2D eigenvalue weighted by Gasteiger charge is -1.91. The maximum absolute atomic E-state index is 10.5. The van der Waals surface area contributed by atoms with Crippen LogP contribution in [0.1, 0.15) is 5.56 Å². The molecule has 1 rings (SSSR count). The zero-order chi connectivity index (χ0) is 9.68. The number of hydrogen-bond donors (Lipinski definition) is 2. The molecule has 0 amide bonds. The van der Waals surface area contributed by atoms with E-state index < -0.39 is 5.97 Å². The molecular formula is C9H9N2O2+. The number of carboxylic acid groups (broad SMARTS) is 1. The lowest BCUT2D eigenvalue weighted by atomic mass is 10.1.